The van der Waals surface area contributed by atoms with Crippen molar-refractivity contribution in [1.29, 1.82) is 0 Å². The Morgan fingerprint density at radius 2 is 2.05 bits per heavy atom. The predicted molar refractivity (Wildman–Crippen MR) is 83.0 cm³/mol. The molecule has 0 fully saturated rings. The zero-order chi connectivity index (χ0) is 12.8. The van der Waals surface area contributed by atoms with Crippen molar-refractivity contribution in [2.45, 2.75) is 19.9 Å². The van der Waals surface area contributed by atoms with Crippen molar-refractivity contribution >= 4 is 23.3 Å². The molecule has 0 saturated carbocycles. The molecule has 0 unspecified atom stereocenters. The van der Waals surface area contributed by atoms with Crippen molar-refractivity contribution in [3.8, 4) is 0 Å². The van der Waals surface area contributed by atoms with Gasteiger partial charge in [-0.2, -0.15) is 0 Å². The van der Waals surface area contributed by atoms with Crippen LogP contribution in [0.25, 0.3) is 10.9 Å². The van der Waals surface area contributed by atoms with Crippen LogP contribution in [0, 0.1) is 0 Å². The molecule has 19 heavy (non-hydrogen) atoms. The normalized spacial score (nSPS) is 10.6. The minimum atomic E-state index is 0. The largest absolute Gasteiger partial charge is 0.382 e. The maximum atomic E-state index is 5.32. The quantitative estimate of drug-likeness (QED) is 0.790. The number of para-hydroxylation sites is 1. The van der Waals surface area contributed by atoms with Gasteiger partial charge in [0.2, 0.25) is 0 Å². The minimum absolute atomic E-state index is 0. The molecule has 3 nitrogen and oxygen atoms in total. The summed E-state index contributed by atoms with van der Waals surface area (Å²) in [4.78, 5) is 0. The van der Waals surface area contributed by atoms with Gasteiger partial charge in [-0.25, -0.2) is 0 Å². The molecule has 0 atom stereocenters. The van der Waals surface area contributed by atoms with Crippen molar-refractivity contribution < 1.29 is 4.74 Å². The lowest BCUT2D eigenvalue weighted by molar-refractivity contribution is 0.144. The lowest BCUT2D eigenvalue weighted by Crippen LogP contribution is -2.16. The first-order valence-electron chi connectivity index (χ1n) is 6.64. The second kappa shape index (κ2) is 8.20. The summed E-state index contributed by atoms with van der Waals surface area (Å²) in [5.41, 5.74) is 2.66. The van der Waals surface area contributed by atoms with E-state index in [0.717, 1.165) is 32.7 Å². The van der Waals surface area contributed by atoms with Crippen LogP contribution in [-0.2, 0) is 18.3 Å². The third kappa shape index (κ3) is 4.23. The van der Waals surface area contributed by atoms with E-state index in [4.69, 9.17) is 4.74 Å². The van der Waals surface area contributed by atoms with Gasteiger partial charge in [0, 0.05) is 43.9 Å². The number of nitrogens with one attached hydrogen (secondary N) is 1. The molecule has 0 aliphatic rings. The Kier molecular flexibility index (Phi) is 6.92. The zero-order valence-electron chi connectivity index (χ0n) is 11.7. The highest BCUT2D eigenvalue weighted by molar-refractivity contribution is 5.85. The number of aromatic nitrogens is 1. The van der Waals surface area contributed by atoms with E-state index in [1.165, 1.54) is 16.5 Å². The average molecular weight is 283 g/mol. The van der Waals surface area contributed by atoms with E-state index >= 15 is 0 Å². The number of rotatable bonds is 7. The molecule has 0 bridgehead atoms. The van der Waals surface area contributed by atoms with Gasteiger partial charge < -0.3 is 14.6 Å². The first kappa shape index (κ1) is 16.0. The lowest BCUT2D eigenvalue weighted by Gasteiger charge is -2.04. The summed E-state index contributed by atoms with van der Waals surface area (Å²) >= 11 is 0. The topological polar surface area (TPSA) is 26.2 Å². The van der Waals surface area contributed by atoms with Crippen molar-refractivity contribution in [3.05, 3.63) is 36.0 Å². The maximum absolute atomic E-state index is 5.32. The van der Waals surface area contributed by atoms with Gasteiger partial charge >= 0.3 is 0 Å². The summed E-state index contributed by atoms with van der Waals surface area (Å²) in [5, 5.41) is 4.82. The Labute approximate surface area is 121 Å². The molecule has 1 aromatic carbocycles. The second-order valence-corrected chi connectivity index (χ2v) is 4.51. The Hall–Kier alpha value is -1.03. The first-order chi connectivity index (χ1) is 8.83. The van der Waals surface area contributed by atoms with Crippen molar-refractivity contribution in [1.82, 2.24) is 9.88 Å². The van der Waals surface area contributed by atoms with Crippen LogP contribution < -0.4 is 5.32 Å². The van der Waals surface area contributed by atoms with E-state index in [1.807, 2.05) is 6.92 Å². The molecule has 1 heterocycles. The van der Waals surface area contributed by atoms with Crippen LogP contribution in [0.4, 0.5) is 0 Å². The molecule has 0 radical (unpaired) electrons. The Morgan fingerprint density at radius 3 is 2.84 bits per heavy atom. The predicted octanol–water partition coefficient (Wildman–Crippen LogP) is 3.12. The van der Waals surface area contributed by atoms with Gasteiger partial charge in [-0.15, -0.1) is 12.4 Å². The maximum Gasteiger partial charge on any atom is 0.0481 e. The summed E-state index contributed by atoms with van der Waals surface area (Å²) in [6.45, 7) is 5.61. The fourth-order valence-electron chi connectivity index (χ4n) is 2.23. The Bertz CT molecular complexity index is 496. The van der Waals surface area contributed by atoms with Gasteiger partial charge in [0.25, 0.3) is 0 Å². The molecule has 2 rings (SSSR count). The van der Waals surface area contributed by atoms with E-state index in [-0.39, 0.29) is 12.4 Å². The van der Waals surface area contributed by atoms with Gasteiger partial charge in [0.05, 0.1) is 0 Å². The molecule has 0 spiro atoms. The molecule has 1 N–H and O–H groups in total. The number of hydrogen-bond donors (Lipinski definition) is 1. The van der Waals surface area contributed by atoms with E-state index in [1.54, 1.807) is 0 Å². The number of nitrogens with zero attached hydrogens (tertiary/aromatic N) is 1. The van der Waals surface area contributed by atoms with E-state index in [9.17, 15) is 0 Å². The number of benzene rings is 1. The number of fused-ring (bicyclic) bond motifs is 1. The monoisotopic (exact) mass is 282 g/mol. The minimum Gasteiger partial charge on any atom is -0.382 e. The number of aryl methyl sites for hydroxylation is 1. The van der Waals surface area contributed by atoms with Crippen molar-refractivity contribution in [2.24, 2.45) is 7.05 Å². The van der Waals surface area contributed by atoms with Crippen LogP contribution in [0.15, 0.2) is 30.5 Å². The smallest absolute Gasteiger partial charge is 0.0481 e. The molecule has 0 aliphatic carbocycles. The first-order valence-corrected chi connectivity index (χ1v) is 6.64. The number of halogens is 1. The molecule has 0 saturated heterocycles. The summed E-state index contributed by atoms with van der Waals surface area (Å²) in [7, 11) is 2.10. The fraction of sp³-hybridized carbons (Fsp3) is 0.467. The van der Waals surface area contributed by atoms with Gasteiger partial charge in [0.15, 0.2) is 0 Å². The Morgan fingerprint density at radius 1 is 1.26 bits per heavy atom. The summed E-state index contributed by atoms with van der Waals surface area (Å²) < 4.78 is 7.50. The van der Waals surface area contributed by atoms with Crippen LogP contribution in [0.3, 0.4) is 0 Å². The van der Waals surface area contributed by atoms with Crippen molar-refractivity contribution in [2.75, 3.05) is 19.8 Å². The average Bonchev–Trinajstić information content (AvgIpc) is 2.71. The van der Waals surface area contributed by atoms with Crippen LogP contribution in [0.5, 0.6) is 0 Å². The molecule has 2 aromatic rings. The summed E-state index contributed by atoms with van der Waals surface area (Å²) in [6.07, 6.45) is 3.28. The van der Waals surface area contributed by atoms with Crippen LogP contribution in [-0.4, -0.2) is 24.3 Å². The number of ether oxygens (including phenoxy) is 1. The lowest BCUT2D eigenvalue weighted by atomic mass is 10.2. The highest BCUT2D eigenvalue weighted by Gasteiger charge is 2.04. The summed E-state index contributed by atoms with van der Waals surface area (Å²) in [5.74, 6) is 0. The van der Waals surface area contributed by atoms with E-state index in [2.05, 4.69) is 47.4 Å². The third-order valence-corrected chi connectivity index (χ3v) is 3.14. The molecule has 106 valence electrons. The SMILES string of the molecule is CCOCCCNCc1cn(C)c2ccccc12.Cl. The van der Waals surface area contributed by atoms with E-state index in [0.29, 0.717) is 0 Å². The second-order valence-electron chi connectivity index (χ2n) is 4.51. The fourth-order valence-corrected chi connectivity index (χ4v) is 2.23. The van der Waals surface area contributed by atoms with Crippen LogP contribution in [0.2, 0.25) is 0 Å². The highest BCUT2D eigenvalue weighted by Crippen LogP contribution is 2.19. The van der Waals surface area contributed by atoms with Gasteiger partial charge in [-0.3, -0.25) is 0 Å². The van der Waals surface area contributed by atoms with Gasteiger partial charge in [0.1, 0.15) is 0 Å². The van der Waals surface area contributed by atoms with Crippen LogP contribution in [0.1, 0.15) is 18.9 Å². The third-order valence-electron chi connectivity index (χ3n) is 3.14. The molecule has 0 amide bonds. The molecule has 4 heteroatoms. The molecular weight excluding hydrogens is 260 g/mol. The Balaban J connectivity index is 0.00000180. The standard InChI is InChI=1S/C15H22N2O.ClH/c1-3-18-10-6-9-16-11-13-12-17(2)15-8-5-4-7-14(13)15;/h4-5,7-8,12,16H,3,6,9-11H2,1-2H3;1H. The van der Waals surface area contributed by atoms with Crippen molar-refractivity contribution in [3.63, 3.8) is 0 Å². The molecule has 0 aliphatic heterocycles. The zero-order valence-corrected chi connectivity index (χ0v) is 12.5. The van der Waals surface area contributed by atoms with Crippen LogP contribution >= 0.6 is 12.4 Å². The molecule has 1 aromatic heterocycles. The number of hydrogen-bond acceptors (Lipinski definition) is 2. The van der Waals surface area contributed by atoms with Gasteiger partial charge in [-0.1, -0.05) is 18.2 Å². The highest BCUT2D eigenvalue weighted by atomic mass is 35.5. The van der Waals surface area contributed by atoms with Gasteiger partial charge in [-0.05, 0) is 31.5 Å². The molecular formula is C15H23ClN2O. The summed E-state index contributed by atoms with van der Waals surface area (Å²) in [6, 6.07) is 8.53. The van der Waals surface area contributed by atoms with E-state index < -0.39 is 0 Å².